The van der Waals surface area contributed by atoms with Crippen LogP contribution < -0.4 is 5.43 Å². The molecule has 1 atom stereocenters. The minimum Gasteiger partial charge on any atom is -0.266 e. The molecule has 0 saturated carbocycles. The van der Waals surface area contributed by atoms with Crippen molar-refractivity contribution in [2.45, 2.75) is 33.1 Å². The smallest absolute Gasteiger partial charge is 0.266 e. The number of hydrogen-bond donors (Lipinski definition) is 1. The maximum Gasteiger partial charge on any atom is 0.281 e. The van der Waals surface area contributed by atoms with Crippen LogP contribution in [0.4, 0.5) is 0 Å². The minimum absolute atomic E-state index is 0.125. The molecule has 1 aliphatic carbocycles. The highest BCUT2D eigenvalue weighted by molar-refractivity contribution is 7.14. The zero-order valence-corrected chi connectivity index (χ0v) is 13.6. The zero-order valence-electron chi connectivity index (χ0n) is 12.8. The third-order valence-electron chi connectivity index (χ3n) is 3.98. The third-order valence-corrected chi connectivity index (χ3v) is 5.21. The van der Waals surface area contributed by atoms with Gasteiger partial charge in [0.25, 0.3) is 5.91 Å². The summed E-state index contributed by atoms with van der Waals surface area (Å²) < 4.78 is 0. The number of carbonyl (C=O) groups is 1. The second-order valence-corrected chi connectivity index (χ2v) is 6.92. The number of amides is 1. The first-order valence-corrected chi connectivity index (χ1v) is 8.31. The molecule has 0 fully saturated rings. The maximum absolute atomic E-state index is 12.3. The van der Waals surface area contributed by atoms with E-state index in [1.54, 1.807) is 23.7 Å². The monoisotopic (exact) mass is 313 g/mol. The van der Waals surface area contributed by atoms with Crippen LogP contribution in [0.15, 0.2) is 35.7 Å². The average molecular weight is 313 g/mol. The van der Waals surface area contributed by atoms with Gasteiger partial charge in [-0.2, -0.15) is 5.10 Å². The quantitative estimate of drug-likeness (QED) is 0.697. The Morgan fingerprint density at radius 2 is 2.18 bits per heavy atom. The van der Waals surface area contributed by atoms with Crippen LogP contribution in [0.2, 0.25) is 0 Å². The summed E-state index contributed by atoms with van der Waals surface area (Å²) in [6.45, 7) is 4.14. The molecule has 0 saturated heterocycles. The van der Waals surface area contributed by atoms with Gasteiger partial charge in [-0.15, -0.1) is 11.3 Å². The fourth-order valence-electron chi connectivity index (χ4n) is 2.67. The summed E-state index contributed by atoms with van der Waals surface area (Å²) in [5.74, 6) is 0.588. The van der Waals surface area contributed by atoms with E-state index in [0.29, 0.717) is 5.92 Å². The van der Waals surface area contributed by atoms with Gasteiger partial charge in [0, 0.05) is 22.8 Å². The van der Waals surface area contributed by atoms with E-state index in [0.717, 1.165) is 29.0 Å². The summed E-state index contributed by atoms with van der Waals surface area (Å²) in [4.78, 5) is 18.3. The second kappa shape index (κ2) is 6.40. The van der Waals surface area contributed by atoms with Gasteiger partial charge in [-0.1, -0.05) is 6.92 Å². The van der Waals surface area contributed by atoms with Crippen LogP contribution in [-0.2, 0) is 12.8 Å². The summed E-state index contributed by atoms with van der Waals surface area (Å²) in [6.07, 6.45) is 6.81. The molecular weight excluding hydrogens is 294 g/mol. The number of hydrazone groups is 1. The molecule has 4 nitrogen and oxygen atoms in total. The Morgan fingerprint density at radius 1 is 1.41 bits per heavy atom. The first-order valence-electron chi connectivity index (χ1n) is 7.50. The largest absolute Gasteiger partial charge is 0.281 e. The summed E-state index contributed by atoms with van der Waals surface area (Å²) in [6, 6.07) is 5.77. The van der Waals surface area contributed by atoms with Crippen molar-refractivity contribution in [3.8, 4) is 0 Å². The number of thiophene rings is 1. The van der Waals surface area contributed by atoms with E-state index in [1.165, 1.54) is 16.9 Å². The molecule has 0 bridgehead atoms. The van der Waals surface area contributed by atoms with E-state index in [2.05, 4.69) is 22.4 Å². The van der Waals surface area contributed by atoms with Crippen LogP contribution in [-0.4, -0.2) is 16.6 Å². The van der Waals surface area contributed by atoms with Gasteiger partial charge < -0.3 is 0 Å². The van der Waals surface area contributed by atoms with Crippen LogP contribution in [0.1, 0.15) is 45.9 Å². The molecule has 1 aliphatic rings. The first-order chi connectivity index (χ1) is 10.6. The highest BCUT2D eigenvalue weighted by Gasteiger charge is 2.20. The molecule has 2 heterocycles. The lowest BCUT2D eigenvalue weighted by Crippen LogP contribution is -2.18. The highest BCUT2D eigenvalue weighted by Crippen LogP contribution is 2.32. The Bertz CT molecular complexity index is 706. The van der Waals surface area contributed by atoms with Crippen LogP contribution >= 0.6 is 11.3 Å². The van der Waals surface area contributed by atoms with Gasteiger partial charge in [-0.3, -0.25) is 9.78 Å². The lowest BCUT2D eigenvalue weighted by atomic mass is 9.90. The van der Waals surface area contributed by atoms with Crippen molar-refractivity contribution >= 4 is 23.0 Å². The van der Waals surface area contributed by atoms with Crippen molar-refractivity contribution in [2.24, 2.45) is 11.0 Å². The Balaban J connectivity index is 1.70. The van der Waals surface area contributed by atoms with Gasteiger partial charge in [-0.25, -0.2) is 5.43 Å². The van der Waals surface area contributed by atoms with E-state index < -0.39 is 0 Å². The first kappa shape index (κ1) is 14.9. The molecule has 0 radical (unpaired) electrons. The predicted molar refractivity (Wildman–Crippen MR) is 89.4 cm³/mol. The molecule has 0 spiro atoms. The molecule has 114 valence electrons. The van der Waals surface area contributed by atoms with E-state index in [4.69, 9.17) is 0 Å². The van der Waals surface area contributed by atoms with Crippen molar-refractivity contribution in [1.29, 1.82) is 0 Å². The van der Waals surface area contributed by atoms with Gasteiger partial charge in [0.15, 0.2) is 0 Å². The Labute approximate surface area is 134 Å². The van der Waals surface area contributed by atoms with Crippen LogP contribution in [0, 0.1) is 5.92 Å². The molecule has 1 N–H and O–H groups in total. The molecular formula is C17H19N3OS. The Morgan fingerprint density at radius 3 is 2.95 bits per heavy atom. The predicted octanol–water partition coefficient (Wildman–Crippen LogP) is 3.42. The van der Waals surface area contributed by atoms with Gasteiger partial charge in [0.2, 0.25) is 0 Å². The normalized spacial score (nSPS) is 17.9. The summed E-state index contributed by atoms with van der Waals surface area (Å²) in [5.41, 5.74) is 5.72. The van der Waals surface area contributed by atoms with Gasteiger partial charge in [-0.05, 0) is 55.9 Å². The maximum atomic E-state index is 12.3. The summed E-state index contributed by atoms with van der Waals surface area (Å²) in [5, 5.41) is 4.19. The highest BCUT2D eigenvalue weighted by atomic mass is 32.1. The van der Waals surface area contributed by atoms with Crippen LogP contribution in [0.25, 0.3) is 0 Å². The topological polar surface area (TPSA) is 54.4 Å². The Hall–Kier alpha value is -2.01. The van der Waals surface area contributed by atoms with Crippen LogP contribution in [0.5, 0.6) is 0 Å². The van der Waals surface area contributed by atoms with Crippen molar-refractivity contribution in [1.82, 2.24) is 10.4 Å². The third kappa shape index (κ3) is 3.25. The minimum atomic E-state index is -0.125. The van der Waals surface area contributed by atoms with Gasteiger partial charge >= 0.3 is 0 Å². The molecule has 0 unspecified atom stereocenters. The van der Waals surface area contributed by atoms with Crippen molar-refractivity contribution in [3.05, 3.63) is 51.5 Å². The molecule has 2 aromatic heterocycles. The zero-order chi connectivity index (χ0) is 15.5. The van der Waals surface area contributed by atoms with Crippen molar-refractivity contribution in [2.75, 3.05) is 0 Å². The summed E-state index contributed by atoms with van der Waals surface area (Å²) >= 11 is 1.60. The van der Waals surface area contributed by atoms with Gasteiger partial charge in [0.1, 0.15) is 0 Å². The molecule has 0 aromatic carbocycles. The summed E-state index contributed by atoms with van der Waals surface area (Å²) in [7, 11) is 0. The number of carbonyl (C=O) groups excluding carboxylic acids is 1. The van der Waals surface area contributed by atoms with E-state index in [9.17, 15) is 4.79 Å². The lowest BCUT2D eigenvalue weighted by molar-refractivity contribution is 0.0959. The number of nitrogens with one attached hydrogen (secondary N) is 1. The molecule has 2 aromatic rings. The van der Waals surface area contributed by atoms with E-state index in [-0.39, 0.29) is 5.91 Å². The van der Waals surface area contributed by atoms with E-state index >= 15 is 0 Å². The molecule has 5 heteroatoms. The number of nitrogens with zero attached hydrogens (tertiary/aromatic N) is 2. The van der Waals surface area contributed by atoms with Crippen LogP contribution in [0.3, 0.4) is 0 Å². The van der Waals surface area contributed by atoms with E-state index in [1.807, 2.05) is 25.1 Å². The number of hydrogen-bond acceptors (Lipinski definition) is 4. The number of fused-ring (bicyclic) bond motifs is 1. The number of aryl methyl sites for hydroxylation is 1. The SMILES string of the molecule is C/C(=N/NC(=O)c1cc2c(s1)CC[C@@H](C)C2)c1ccncc1. The number of rotatable bonds is 3. The van der Waals surface area contributed by atoms with Crippen molar-refractivity contribution in [3.63, 3.8) is 0 Å². The molecule has 1 amide bonds. The second-order valence-electron chi connectivity index (χ2n) is 5.78. The molecule has 22 heavy (non-hydrogen) atoms. The number of aromatic nitrogens is 1. The fourth-order valence-corrected chi connectivity index (χ4v) is 3.76. The standard InChI is InChI=1S/C17H19N3OS/c1-11-3-4-15-14(9-11)10-16(22-15)17(21)20-19-12(2)13-5-7-18-8-6-13/h5-8,10-11H,3-4,9H2,1-2H3,(H,20,21)/b19-12-/t11-/m1/s1. The lowest BCUT2D eigenvalue weighted by Gasteiger charge is -2.16. The number of pyridine rings is 1. The average Bonchev–Trinajstić information content (AvgIpc) is 2.96. The fraction of sp³-hybridized carbons (Fsp3) is 0.353. The van der Waals surface area contributed by atoms with Gasteiger partial charge in [0.05, 0.1) is 10.6 Å². The molecule has 0 aliphatic heterocycles. The Kier molecular flexibility index (Phi) is 4.34. The van der Waals surface area contributed by atoms with Crippen molar-refractivity contribution < 1.29 is 4.79 Å². The molecule has 3 rings (SSSR count).